The molecule has 0 N–H and O–H groups in total. The summed E-state index contributed by atoms with van der Waals surface area (Å²) in [5, 5.41) is 0. The van der Waals surface area contributed by atoms with Crippen LogP contribution >= 0.6 is 0 Å². The topological polar surface area (TPSA) is 42.4 Å². The monoisotopic (exact) mass is 268 g/mol. The van der Waals surface area contributed by atoms with Gasteiger partial charge in [0.25, 0.3) is 5.91 Å². The number of aryl methyl sites for hydroxylation is 1. The summed E-state index contributed by atoms with van der Waals surface area (Å²) in [5.74, 6) is 0.685. The smallest absolute Gasteiger partial charge is 0.254 e. The Hall–Kier alpha value is -2.36. The predicted molar refractivity (Wildman–Crippen MR) is 75.7 cm³/mol. The third-order valence-electron chi connectivity index (χ3n) is 3.44. The van der Waals surface area contributed by atoms with Crippen LogP contribution in [0.15, 0.2) is 48.7 Å². The van der Waals surface area contributed by atoms with E-state index in [-0.39, 0.29) is 12.0 Å². The molecule has 0 bridgehead atoms. The second-order valence-electron chi connectivity index (χ2n) is 4.93. The fraction of sp³-hybridized carbons (Fsp3) is 0.250. The fourth-order valence-corrected chi connectivity index (χ4v) is 2.25. The van der Waals surface area contributed by atoms with Crippen molar-refractivity contribution in [1.82, 2.24) is 9.88 Å². The Bertz CT molecular complexity index is 607. The van der Waals surface area contributed by atoms with E-state index in [1.54, 1.807) is 11.1 Å². The molecule has 4 nitrogen and oxygen atoms in total. The van der Waals surface area contributed by atoms with Crippen molar-refractivity contribution in [2.75, 3.05) is 13.1 Å². The number of benzene rings is 1. The molecular weight excluding hydrogens is 252 g/mol. The number of pyridine rings is 1. The van der Waals surface area contributed by atoms with Gasteiger partial charge in [0, 0.05) is 17.8 Å². The number of carbonyl (C=O) groups is 1. The van der Waals surface area contributed by atoms with Gasteiger partial charge in [-0.25, -0.2) is 4.98 Å². The second-order valence-corrected chi connectivity index (χ2v) is 4.93. The number of aromatic nitrogens is 1. The van der Waals surface area contributed by atoms with Gasteiger partial charge in [-0.05, 0) is 24.6 Å². The number of carbonyl (C=O) groups excluding carboxylic acids is 1. The molecule has 1 amide bonds. The van der Waals surface area contributed by atoms with Crippen LogP contribution in [0.25, 0.3) is 0 Å². The van der Waals surface area contributed by atoms with Crippen molar-refractivity contribution >= 4 is 5.91 Å². The van der Waals surface area contributed by atoms with E-state index >= 15 is 0 Å². The van der Waals surface area contributed by atoms with Gasteiger partial charge in [0.1, 0.15) is 6.10 Å². The highest BCUT2D eigenvalue weighted by molar-refractivity contribution is 5.96. The molecule has 4 heteroatoms. The molecule has 0 atom stereocenters. The Morgan fingerprint density at radius 2 is 1.95 bits per heavy atom. The summed E-state index contributed by atoms with van der Waals surface area (Å²) >= 11 is 0. The molecule has 1 aliphatic heterocycles. The maximum atomic E-state index is 12.3. The quantitative estimate of drug-likeness (QED) is 0.857. The van der Waals surface area contributed by atoms with Crippen LogP contribution in [0.1, 0.15) is 15.9 Å². The maximum absolute atomic E-state index is 12.3. The molecule has 2 aromatic rings. The summed E-state index contributed by atoms with van der Waals surface area (Å²) in [4.78, 5) is 18.2. The molecule has 1 aromatic carbocycles. The van der Waals surface area contributed by atoms with Crippen LogP contribution in [0.2, 0.25) is 0 Å². The largest absolute Gasteiger partial charge is 0.471 e. The van der Waals surface area contributed by atoms with Crippen LogP contribution in [0, 0.1) is 6.92 Å². The zero-order chi connectivity index (χ0) is 13.9. The number of amides is 1. The summed E-state index contributed by atoms with van der Waals surface area (Å²) < 4.78 is 5.69. The van der Waals surface area contributed by atoms with Crippen LogP contribution in [-0.4, -0.2) is 35.0 Å². The molecule has 102 valence electrons. The SMILES string of the molecule is Cc1ccccc1C(=O)N1CC(Oc2ccccn2)C1. The van der Waals surface area contributed by atoms with E-state index in [0.717, 1.165) is 11.1 Å². The summed E-state index contributed by atoms with van der Waals surface area (Å²) in [5.41, 5.74) is 1.77. The molecule has 1 aliphatic rings. The van der Waals surface area contributed by atoms with Gasteiger partial charge in [-0.15, -0.1) is 0 Å². The number of hydrogen-bond donors (Lipinski definition) is 0. The standard InChI is InChI=1S/C16H16N2O2/c1-12-6-2-3-7-14(12)16(19)18-10-13(11-18)20-15-8-4-5-9-17-15/h2-9,13H,10-11H2,1H3. The summed E-state index contributed by atoms with van der Waals surface area (Å²) in [6.45, 7) is 3.18. The van der Waals surface area contributed by atoms with Crippen molar-refractivity contribution in [3.8, 4) is 5.88 Å². The highest BCUT2D eigenvalue weighted by atomic mass is 16.5. The third-order valence-corrected chi connectivity index (χ3v) is 3.44. The van der Waals surface area contributed by atoms with Gasteiger partial charge < -0.3 is 9.64 Å². The van der Waals surface area contributed by atoms with Crippen molar-refractivity contribution in [2.24, 2.45) is 0 Å². The molecule has 1 fully saturated rings. The average molecular weight is 268 g/mol. The first kappa shape index (κ1) is 12.7. The van der Waals surface area contributed by atoms with E-state index in [2.05, 4.69) is 4.98 Å². The van der Waals surface area contributed by atoms with Crippen LogP contribution < -0.4 is 4.74 Å². The van der Waals surface area contributed by atoms with E-state index in [1.807, 2.05) is 49.4 Å². The predicted octanol–water partition coefficient (Wildman–Crippen LogP) is 2.29. The lowest BCUT2D eigenvalue weighted by molar-refractivity contribution is 0.0159. The molecule has 2 heterocycles. The Kier molecular flexibility index (Phi) is 3.37. The lowest BCUT2D eigenvalue weighted by Gasteiger charge is -2.38. The van der Waals surface area contributed by atoms with Crippen molar-refractivity contribution in [1.29, 1.82) is 0 Å². The van der Waals surface area contributed by atoms with E-state index in [9.17, 15) is 4.79 Å². The lowest BCUT2D eigenvalue weighted by Crippen LogP contribution is -2.56. The van der Waals surface area contributed by atoms with Gasteiger partial charge in [-0.2, -0.15) is 0 Å². The van der Waals surface area contributed by atoms with Gasteiger partial charge in [-0.1, -0.05) is 24.3 Å². The van der Waals surface area contributed by atoms with Crippen molar-refractivity contribution in [2.45, 2.75) is 13.0 Å². The second kappa shape index (κ2) is 5.33. The highest BCUT2D eigenvalue weighted by Crippen LogP contribution is 2.19. The van der Waals surface area contributed by atoms with Crippen LogP contribution in [0.5, 0.6) is 5.88 Å². The Labute approximate surface area is 118 Å². The molecule has 0 spiro atoms. The normalized spacial score (nSPS) is 14.8. The molecule has 0 radical (unpaired) electrons. The van der Waals surface area contributed by atoms with E-state index in [4.69, 9.17) is 4.74 Å². The van der Waals surface area contributed by atoms with Gasteiger partial charge in [0.2, 0.25) is 5.88 Å². The molecule has 20 heavy (non-hydrogen) atoms. The number of ether oxygens (including phenoxy) is 1. The van der Waals surface area contributed by atoms with E-state index in [1.165, 1.54) is 0 Å². The average Bonchev–Trinajstić information content (AvgIpc) is 2.43. The molecule has 1 saturated heterocycles. The van der Waals surface area contributed by atoms with Crippen LogP contribution in [0.3, 0.4) is 0 Å². The molecular formula is C16H16N2O2. The van der Waals surface area contributed by atoms with Gasteiger partial charge >= 0.3 is 0 Å². The van der Waals surface area contributed by atoms with Gasteiger partial charge in [0.05, 0.1) is 13.1 Å². The highest BCUT2D eigenvalue weighted by Gasteiger charge is 2.33. The minimum absolute atomic E-state index is 0.0397. The number of hydrogen-bond acceptors (Lipinski definition) is 3. The minimum Gasteiger partial charge on any atom is -0.471 e. The zero-order valence-electron chi connectivity index (χ0n) is 11.3. The lowest BCUT2D eigenvalue weighted by atomic mass is 10.0. The first-order chi connectivity index (χ1) is 9.74. The number of nitrogens with zero attached hydrogens (tertiary/aromatic N) is 2. The summed E-state index contributed by atoms with van der Waals surface area (Å²) in [6, 6.07) is 13.2. The molecule has 0 aliphatic carbocycles. The number of likely N-dealkylation sites (tertiary alicyclic amines) is 1. The van der Waals surface area contributed by atoms with Crippen LogP contribution in [0.4, 0.5) is 0 Å². The van der Waals surface area contributed by atoms with E-state index < -0.39 is 0 Å². The Balaban J connectivity index is 1.58. The maximum Gasteiger partial charge on any atom is 0.254 e. The minimum atomic E-state index is 0.0397. The molecule has 0 saturated carbocycles. The van der Waals surface area contributed by atoms with Crippen molar-refractivity contribution in [3.05, 3.63) is 59.8 Å². The molecule has 3 rings (SSSR count). The molecule has 0 unspecified atom stereocenters. The third kappa shape index (κ3) is 2.50. The fourth-order valence-electron chi connectivity index (χ4n) is 2.25. The zero-order valence-corrected chi connectivity index (χ0v) is 11.3. The number of rotatable bonds is 3. The van der Waals surface area contributed by atoms with Crippen molar-refractivity contribution in [3.63, 3.8) is 0 Å². The van der Waals surface area contributed by atoms with Crippen LogP contribution in [-0.2, 0) is 0 Å². The van der Waals surface area contributed by atoms with Gasteiger partial charge in [-0.3, -0.25) is 4.79 Å². The first-order valence-corrected chi connectivity index (χ1v) is 6.66. The Morgan fingerprint density at radius 3 is 2.65 bits per heavy atom. The summed E-state index contributed by atoms with van der Waals surface area (Å²) in [7, 11) is 0. The summed E-state index contributed by atoms with van der Waals surface area (Å²) in [6.07, 6.45) is 1.74. The van der Waals surface area contributed by atoms with Gasteiger partial charge in [0.15, 0.2) is 0 Å². The Morgan fingerprint density at radius 1 is 1.20 bits per heavy atom. The molecule has 1 aromatic heterocycles. The van der Waals surface area contributed by atoms with E-state index in [0.29, 0.717) is 19.0 Å². The first-order valence-electron chi connectivity index (χ1n) is 6.66. The van der Waals surface area contributed by atoms with Crippen molar-refractivity contribution < 1.29 is 9.53 Å².